The molecule has 0 saturated heterocycles. The Morgan fingerprint density at radius 3 is 2.32 bits per heavy atom. The fraction of sp³-hybridized carbons (Fsp3) is 0.824. The lowest BCUT2D eigenvalue weighted by Crippen LogP contribution is -2.64. The number of rotatable bonds is 3. The molecule has 0 amide bonds. The van der Waals surface area contributed by atoms with Gasteiger partial charge in [0, 0.05) is 12.0 Å². The molecule has 0 spiro atoms. The Kier molecular flexibility index (Phi) is 2.69. The van der Waals surface area contributed by atoms with Crippen LogP contribution in [0, 0.1) is 22.7 Å². The van der Waals surface area contributed by atoms with Crippen LogP contribution in [0.15, 0.2) is 12.7 Å². The summed E-state index contributed by atoms with van der Waals surface area (Å²) in [6.07, 6.45) is 8.54. The number of ether oxygens (including phenoxy) is 1. The van der Waals surface area contributed by atoms with Crippen LogP contribution in [-0.4, -0.2) is 11.6 Å². The van der Waals surface area contributed by atoms with E-state index in [0.29, 0.717) is 16.7 Å². The summed E-state index contributed by atoms with van der Waals surface area (Å²) in [6.45, 7) is 10.6. The molecule has 4 aliphatic rings. The minimum atomic E-state index is -0.229. The summed E-state index contributed by atoms with van der Waals surface area (Å²) in [6, 6.07) is 0. The van der Waals surface area contributed by atoms with Gasteiger partial charge >= 0.3 is 5.97 Å². The zero-order chi connectivity index (χ0) is 13.9. The van der Waals surface area contributed by atoms with E-state index in [4.69, 9.17) is 4.74 Å². The van der Waals surface area contributed by atoms with Crippen LogP contribution in [0.25, 0.3) is 0 Å². The van der Waals surface area contributed by atoms with Crippen molar-refractivity contribution in [3.63, 3.8) is 0 Å². The Bertz CT molecular complexity index is 407. The standard InChI is InChI=1S/C17H26O2/c1-5-13-12-7-15(3)9-16(4,8-12)11-17(13,10-15)19-14(18)6-2/h6,12-13H,2,5,7-11H2,1,3-4H3. The van der Waals surface area contributed by atoms with Gasteiger partial charge in [-0.25, -0.2) is 4.79 Å². The van der Waals surface area contributed by atoms with Gasteiger partial charge in [0.05, 0.1) is 0 Å². The van der Waals surface area contributed by atoms with Crippen molar-refractivity contribution in [2.75, 3.05) is 0 Å². The third-order valence-electron chi connectivity index (χ3n) is 5.97. The highest BCUT2D eigenvalue weighted by Crippen LogP contribution is 2.69. The SMILES string of the molecule is C=CC(=O)OC12CC3(C)CC(CC(C)(C3)C1)C2CC. The molecule has 106 valence electrons. The van der Waals surface area contributed by atoms with Crippen LogP contribution in [0.1, 0.15) is 59.3 Å². The molecular weight excluding hydrogens is 236 g/mol. The van der Waals surface area contributed by atoms with E-state index in [2.05, 4.69) is 27.4 Å². The molecule has 4 rings (SSSR count). The van der Waals surface area contributed by atoms with Crippen molar-refractivity contribution in [2.24, 2.45) is 22.7 Å². The summed E-state index contributed by atoms with van der Waals surface area (Å²) in [7, 11) is 0. The fourth-order valence-corrected chi connectivity index (χ4v) is 6.36. The van der Waals surface area contributed by atoms with Gasteiger partial charge in [-0.2, -0.15) is 0 Å². The Hall–Kier alpha value is -0.790. The molecule has 2 nitrogen and oxygen atoms in total. The molecule has 4 aliphatic carbocycles. The minimum absolute atomic E-state index is 0.205. The maximum absolute atomic E-state index is 11.8. The van der Waals surface area contributed by atoms with Gasteiger partial charge in [-0.3, -0.25) is 0 Å². The first-order valence-corrected chi connectivity index (χ1v) is 7.69. The second kappa shape index (κ2) is 3.86. The molecule has 0 aliphatic heterocycles. The van der Waals surface area contributed by atoms with Crippen molar-refractivity contribution in [1.82, 2.24) is 0 Å². The van der Waals surface area contributed by atoms with E-state index in [1.54, 1.807) is 0 Å². The van der Waals surface area contributed by atoms with Crippen LogP contribution < -0.4 is 0 Å². The third-order valence-corrected chi connectivity index (χ3v) is 5.97. The summed E-state index contributed by atoms with van der Waals surface area (Å²) < 4.78 is 5.98. The first-order valence-electron chi connectivity index (χ1n) is 7.69. The van der Waals surface area contributed by atoms with E-state index in [0.717, 1.165) is 25.2 Å². The van der Waals surface area contributed by atoms with Gasteiger partial charge < -0.3 is 4.74 Å². The molecule has 0 radical (unpaired) electrons. The highest BCUT2D eigenvalue weighted by Gasteiger charge is 2.65. The van der Waals surface area contributed by atoms with E-state index in [-0.39, 0.29) is 11.6 Å². The average molecular weight is 262 g/mol. The van der Waals surface area contributed by atoms with Crippen molar-refractivity contribution >= 4 is 5.97 Å². The summed E-state index contributed by atoms with van der Waals surface area (Å²) in [5.74, 6) is 1.07. The zero-order valence-electron chi connectivity index (χ0n) is 12.5. The molecule has 3 atom stereocenters. The molecule has 0 heterocycles. The lowest BCUT2D eigenvalue weighted by molar-refractivity contribution is -0.241. The largest absolute Gasteiger partial charge is 0.456 e. The second-order valence-corrected chi connectivity index (χ2v) is 8.02. The van der Waals surface area contributed by atoms with E-state index >= 15 is 0 Å². The van der Waals surface area contributed by atoms with Crippen molar-refractivity contribution in [3.8, 4) is 0 Å². The van der Waals surface area contributed by atoms with Crippen molar-refractivity contribution < 1.29 is 9.53 Å². The van der Waals surface area contributed by atoms with Crippen LogP contribution in [0.5, 0.6) is 0 Å². The van der Waals surface area contributed by atoms with E-state index < -0.39 is 0 Å². The van der Waals surface area contributed by atoms with Crippen LogP contribution in [0.2, 0.25) is 0 Å². The van der Waals surface area contributed by atoms with Crippen LogP contribution in [0.4, 0.5) is 0 Å². The molecule has 2 heteroatoms. The van der Waals surface area contributed by atoms with Gasteiger partial charge in [0.1, 0.15) is 5.60 Å². The van der Waals surface area contributed by atoms with Crippen LogP contribution in [0.3, 0.4) is 0 Å². The van der Waals surface area contributed by atoms with Gasteiger partial charge in [0.15, 0.2) is 0 Å². The summed E-state index contributed by atoms with van der Waals surface area (Å²) >= 11 is 0. The van der Waals surface area contributed by atoms with E-state index in [1.165, 1.54) is 25.3 Å². The number of carbonyl (C=O) groups excluding carboxylic acids is 1. The maximum Gasteiger partial charge on any atom is 0.330 e. The molecular formula is C17H26O2. The molecule has 0 aromatic rings. The Morgan fingerprint density at radius 1 is 1.26 bits per heavy atom. The van der Waals surface area contributed by atoms with Crippen LogP contribution in [-0.2, 0) is 9.53 Å². The Labute approximate surface area is 116 Å². The van der Waals surface area contributed by atoms with Crippen molar-refractivity contribution in [2.45, 2.75) is 64.9 Å². The highest BCUT2D eigenvalue weighted by atomic mass is 16.6. The molecule has 3 unspecified atom stereocenters. The van der Waals surface area contributed by atoms with Gasteiger partial charge in [0.25, 0.3) is 0 Å². The Morgan fingerprint density at radius 2 is 1.84 bits per heavy atom. The first kappa shape index (κ1) is 13.2. The van der Waals surface area contributed by atoms with Gasteiger partial charge in [-0.1, -0.05) is 27.4 Å². The summed E-state index contributed by atoms with van der Waals surface area (Å²) in [5, 5.41) is 0. The number of esters is 1. The topological polar surface area (TPSA) is 26.3 Å². The molecule has 0 aromatic heterocycles. The normalized spacial score (nSPS) is 51.1. The Balaban J connectivity index is 2.00. The minimum Gasteiger partial charge on any atom is -0.456 e. The number of carbonyl (C=O) groups is 1. The molecule has 19 heavy (non-hydrogen) atoms. The van der Waals surface area contributed by atoms with Crippen molar-refractivity contribution in [1.29, 1.82) is 0 Å². The van der Waals surface area contributed by atoms with Gasteiger partial charge in [-0.05, 0) is 55.3 Å². The number of hydrogen-bond donors (Lipinski definition) is 0. The van der Waals surface area contributed by atoms with Crippen LogP contribution >= 0.6 is 0 Å². The monoisotopic (exact) mass is 262 g/mol. The van der Waals surface area contributed by atoms with Gasteiger partial charge in [0.2, 0.25) is 0 Å². The predicted octanol–water partition coefficient (Wildman–Crippen LogP) is 4.10. The quantitative estimate of drug-likeness (QED) is 0.565. The van der Waals surface area contributed by atoms with E-state index in [1.807, 2.05) is 0 Å². The predicted molar refractivity (Wildman–Crippen MR) is 75.6 cm³/mol. The molecule has 4 fully saturated rings. The lowest BCUT2D eigenvalue weighted by Gasteiger charge is -2.67. The zero-order valence-corrected chi connectivity index (χ0v) is 12.5. The fourth-order valence-electron chi connectivity index (χ4n) is 6.36. The van der Waals surface area contributed by atoms with E-state index in [9.17, 15) is 4.79 Å². The first-order chi connectivity index (χ1) is 8.84. The molecule has 4 saturated carbocycles. The smallest absolute Gasteiger partial charge is 0.330 e. The third kappa shape index (κ3) is 1.86. The summed E-state index contributed by atoms with van der Waals surface area (Å²) in [5.41, 5.74) is 0.551. The molecule has 0 aromatic carbocycles. The summed E-state index contributed by atoms with van der Waals surface area (Å²) in [4.78, 5) is 11.8. The second-order valence-electron chi connectivity index (χ2n) is 8.02. The lowest BCUT2D eigenvalue weighted by atomic mass is 9.40. The maximum atomic E-state index is 11.8. The van der Waals surface area contributed by atoms with Crippen molar-refractivity contribution in [3.05, 3.63) is 12.7 Å². The molecule has 4 bridgehead atoms. The average Bonchev–Trinajstić information content (AvgIpc) is 2.24. The van der Waals surface area contributed by atoms with Gasteiger partial charge in [-0.15, -0.1) is 0 Å². The molecule has 0 N–H and O–H groups in total. The highest BCUT2D eigenvalue weighted by molar-refractivity contribution is 5.81. The number of hydrogen-bond acceptors (Lipinski definition) is 2.